The Labute approximate surface area is 127 Å². The van der Waals surface area contributed by atoms with Crippen molar-refractivity contribution >= 4 is 29.4 Å². The largest absolute Gasteiger partial charge is 0.454 e. The maximum Gasteiger partial charge on any atom is 0.331 e. The van der Waals surface area contributed by atoms with Crippen molar-refractivity contribution in [2.45, 2.75) is 0 Å². The SMILES string of the molecule is O=C(/C=C/c1ccc(Cl)cc1)OCC(=O)c1ccccc1. The molecule has 0 fully saturated rings. The van der Waals surface area contributed by atoms with E-state index in [1.165, 1.54) is 6.08 Å². The van der Waals surface area contributed by atoms with Gasteiger partial charge in [0.25, 0.3) is 0 Å². The second-order valence-electron chi connectivity index (χ2n) is 4.28. The topological polar surface area (TPSA) is 43.4 Å². The molecule has 0 spiro atoms. The first-order chi connectivity index (χ1) is 10.1. The molecule has 0 bridgehead atoms. The van der Waals surface area contributed by atoms with Gasteiger partial charge in [-0.05, 0) is 23.8 Å². The van der Waals surface area contributed by atoms with E-state index in [4.69, 9.17) is 16.3 Å². The maximum absolute atomic E-state index is 11.7. The predicted octanol–water partition coefficient (Wildman–Crippen LogP) is 3.78. The second kappa shape index (κ2) is 7.41. The van der Waals surface area contributed by atoms with Crippen LogP contribution in [-0.2, 0) is 9.53 Å². The highest BCUT2D eigenvalue weighted by Crippen LogP contribution is 2.10. The molecular weight excluding hydrogens is 288 g/mol. The van der Waals surface area contributed by atoms with E-state index < -0.39 is 5.97 Å². The Hall–Kier alpha value is -2.39. The predicted molar refractivity (Wildman–Crippen MR) is 82.2 cm³/mol. The third-order valence-corrected chi connectivity index (χ3v) is 2.98. The number of hydrogen-bond donors (Lipinski definition) is 0. The zero-order valence-electron chi connectivity index (χ0n) is 11.2. The van der Waals surface area contributed by atoms with Gasteiger partial charge in [-0.3, -0.25) is 4.79 Å². The van der Waals surface area contributed by atoms with Crippen LogP contribution in [0.3, 0.4) is 0 Å². The summed E-state index contributed by atoms with van der Waals surface area (Å²) in [5.41, 5.74) is 1.35. The third-order valence-electron chi connectivity index (χ3n) is 2.72. The van der Waals surface area contributed by atoms with Gasteiger partial charge < -0.3 is 4.74 Å². The molecule has 0 saturated carbocycles. The Bertz CT molecular complexity index is 645. The lowest BCUT2D eigenvalue weighted by molar-refractivity contribution is -0.136. The zero-order valence-corrected chi connectivity index (χ0v) is 11.9. The van der Waals surface area contributed by atoms with Gasteiger partial charge in [0.1, 0.15) is 0 Å². The van der Waals surface area contributed by atoms with Crippen LogP contribution in [0, 0.1) is 0 Å². The Kier molecular flexibility index (Phi) is 5.29. The fraction of sp³-hybridized carbons (Fsp3) is 0.0588. The van der Waals surface area contributed by atoms with E-state index in [1.807, 2.05) is 6.07 Å². The van der Waals surface area contributed by atoms with Gasteiger partial charge in [0.2, 0.25) is 0 Å². The highest BCUT2D eigenvalue weighted by Gasteiger charge is 2.07. The normalized spacial score (nSPS) is 10.5. The van der Waals surface area contributed by atoms with E-state index in [9.17, 15) is 9.59 Å². The molecule has 0 aliphatic heterocycles. The average molecular weight is 301 g/mol. The fourth-order valence-corrected chi connectivity index (χ4v) is 1.76. The Morgan fingerprint density at radius 3 is 2.33 bits per heavy atom. The molecule has 0 aliphatic rings. The van der Waals surface area contributed by atoms with Crippen LogP contribution in [0.2, 0.25) is 5.02 Å². The van der Waals surface area contributed by atoms with E-state index in [1.54, 1.807) is 54.6 Å². The molecule has 0 saturated heterocycles. The van der Waals surface area contributed by atoms with E-state index in [2.05, 4.69) is 0 Å². The molecular formula is C17H13ClO3. The molecule has 0 N–H and O–H groups in total. The summed E-state index contributed by atoms with van der Waals surface area (Å²) in [7, 11) is 0. The summed E-state index contributed by atoms with van der Waals surface area (Å²) in [6.07, 6.45) is 2.88. The first-order valence-corrected chi connectivity index (χ1v) is 6.71. The Morgan fingerprint density at radius 1 is 1.00 bits per heavy atom. The van der Waals surface area contributed by atoms with Crippen molar-refractivity contribution in [1.82, 2.24) is 0 Å². The fourth-order valence-electron chi connectivity index (χ4n) is 1.63. The van der Waals surface area contributed by atoms with Crippen LogP contribution in [0.4, 0.5) is 0 Å². The van der Waals surface area contributed by atoms with E-state index in [-0.39, 0.29) is 12.4 Å². The summed E-state index contributed by atoms with van der Waals surface area (Å²) in [6.45, 7) is -0.270. The Morgan fingerprint density at radius 2 is 1.67 bits per heavy atom. The minimum absolute atomic E-state index is 0.233. The summed E-state index contributed by atoms with van der Waals surface area (Å²) in [4.78, 5) is 23.3. The molecule has 0 radical (unpaired) electrons. The Balaban J connectivity index is 1.85. The quantitative estimate of drug-likeness (QED) is 0.479. The molecule has 106 valence electrons. The second-order valence-corrected chi connectivity index (χ2v) is 4.72. The molecule has 2 aromatic rings. The number of esters is 1. The summed E-state index contributed by atoms with van der Waals surface area (Å²) >= 11 is 5.76. The molecule has 21 heavy (non-hydrogen) atoms. The number of ether oxygens (including phenoxy) is 1. The zero-order chi connectivity index (χ0) is 15.1. The summed E-state index contributed by atoms with van der Waals surface area (Å²) < 4.78 is 4.90. The highest BCUT2D eigenvalue weighted by molar-refractivity contribution is 6.30. The van der Waals surface area contributed by atoms with Crippen molar-refractivity contribution in [3.05, 3.63) is 76.8 Å². The van der Waals surface area contributed by atoms with Gasteiger partial charge in [-0.1, -0.05) is 54.1 Å². The van der Waals surface area contributed by atoms with Crippen LogP contribution in [0.5, 0.6) is 0 Å². The van der Waals surface area contributed by atoms with Gasteiger partial charge in [0.15, 0.2) is 12.4 Å². The molecule has 3 nitrogen and oxygen atoms in total. The molecule has 4 heteroatoms. The summed E-state index contributed by atoms with van der Waals surface area (Å²) in [5.74, 6) is -0.793. The van der Waals surface area contributed by atoms with Crippen LogP contribution in [-0.4, -0.2) is 18.4 Å². The van der Waals surface area contributed by atoms with Gasteiger partial charge in [-0.25, -0.2) is 4.79 Å². The first-order valence-electron chi connectivity index (χ1n) is 6.34. The molecule has 0 amide bonds. The number of halogens is 1. The molecule has 0 atom stereocenters. The smallest absolute Gasteiger partial charge is 0.331 e. The van der Waals surface area contributed by atoms with E-state index >= 15 is 0 Å². The van der Waals surface area contributed by atoms with Crippen molar-refractivity contribution in [2.75, 3.05) is 6.61 Å². The number of ketones is 1. The number of rotatable bonds is 5. The van der Waals surface area contributed by atoms with Gasteiger partial charge in [0.05, 0.1) is 0 Å². The van der Waals surface area contributed by atoms with Crippen LogP contribution in [0.25, 0.3) is 6.08 Å². The van der Waals surface area contributed by atoms with Gasteiger partial charge in [0, 0.05) is 16.7 Å². The maximum atomic E-state index is 11.7. The number of hydrogen-bond acceptors (Lipinski definition) is 3. The first kappa shape index (κ1) is 15.0. The van der Waals surface area contributed by atoms with Crippen molar-refractivity contribution in [2.24, 2.45) is 0 Å². The van der Waals surface area contributed by atoms with Crippen molar-refractivity contribution in [3.8, 4) is 0 Å². The molecule has 2 rings (SSSR count). The standard InChI is InChI=1S/C17H13ClO3/c18-15-9-6-13(7-10-15)8-11-17(20)21-12-16(19)14-4-2-1-3-5-14/h1-11H,12H2/b11-8+. The number of carbonyl (C=O) groups is 2. The van der Waals surface area contributed by atoms with Crippen molar-refractivity contribution in [3.63, 3.8) is 0 Å². The van der Waals surface area contributed by atoms with Crippen LogP contribution in [0.15, 0.2) is 60.7 Å². The number of carbonyl (C=O) groups excluding carboxylic acids is 2. The molecule has 2 aromatic carbocycles. The molecule has 0 aromatic heterocycles. The lowest BCUT2D eigenvalue weighted by Gasteiger charge is -2.01. The minimum Gasteiger partial charge on any atom is -0.454 e. The molecule has 0 unspecified atom stereocenters. The van der Waals surface area contributed by atoms with Gasteiger partial charge >= 0.3 is 5.97 Å². The highest BCUT2D eigenvalue weighted by atomic mass is 35.5. The lowest BCUT2D eigenvalue weighted by Crippen LogP contribution is -2.12. The van der Waals surface area contributed by atoms with Gasteiger partial charge in [-0.2, -0.15) is 0 Å². The third kappa shape index (κ3) is 4.89. The monoisotopic (exact) mass is 300 g/mol. The van der Waals surface area contributed by atoms with Crippen LogP contribution >= 0.6 is 11.6 Å². The molecule has 0 aliphatic carbocycles. The number of Topliss-reactive ketones (excluding diaryl/α,β-unsaturated/α-hetero) is 1. The number of benzene rings is 2. The molecule has 0 heterocycles. The summed E-state index contributed by atoms with van der Waals surface area (Å²) in [6, 6.07) is 15.7. The lowest BCUT2D eigenvalue weighted by atomic mass is 10.1. The minimum atomic E-state index is -0.561. The van der Waals surface area contributed by atoms with E-state index in [0.29, 0.717) is 10.6 Å². The van der Waals surface area contributed by atoms with Crippen molar-refractivity contribution in [1.29, 1.82) is 0 Å². The van der Waals surface area contributed by atoms with Crippen LogP contribution < -0.4 is 0 Å². The summed E-state index contributed by atoms with van der Waals surface area (Å²) in [5, 5.41) is 0.628. The van der Waals surface area contributed by atoms with Crippen LogP contribution in [0.1, 0.15) is 15.9 Å². The van der Waals surface area contributed by atoms with E-state index in [0.717, 1.165) is 5.56 Å². The van der Waals surface area contributed by atoms with Crippen molar-refractivity contribution < 1.29 is 14.3 Å². The average Bonchev–Trinajstić information content (AvgIpc) is 2.53. The van der Waals surface area contributed by atoms with Gasteiger partial charge in [-0.15, -0.1) is 0 Å².